The lowest BCUT2D eigenvalue weighted by molar-refractivity contribution is -0.146. The van der Waals surface area contributed by atoms with Crippen molar-refractivity contribution in [2.45, 2.75) is 31.3 Å². The van der Waals surface area contributed by atoms with Crippen LogP contribution in [0.25, 0.3) is 0 Å². The molecule has 0 aliphatic carbocycles. The van der Waals surface area contributed by atoms with E-state index in [0.29, 0.717) is 12.8 Å². The number of nitrogens with zero attached hydrogens (tertiary/aromatic N) is 4. The molecule has 1 amide bonds. The molecule has 7 heteroatoms. The second kappa shape index (κ2) is 5.39. The molecular weight excluding hydrogens is 284 g/mol. The van der Waals surface area contributed by atoms with Gasteiger partial charge in [0.1, 0.15) is 0 Å². The number of carboxylic acids is 1. The molecule has 2 fully saturated rings. The molecule has 120 valence electrons. The summed E-state index contributed by atoms with van der Waals surface area (Å²) in [5.74, 6) is -1.47. The molecule has 1 aromatic heterocycles. The van der Waals surface area contributed by atoms with Crippen molar-refractivity contribution >= 4 is 11.9 Å². The van der Waals surface area contributed by atoms with Crippen LogP contribution in [0.15, 0.2) is 12.4 Å². The van der Waals surface area contributed by atoms with E-state index in [4.69, 9.17) is 0 Å². The maximum atomic E-state index is 12.0. The second-order valence-corrected chi connectivity index (χ2v) is 6.45. The SMILES string of the molecule is CN1C(=O)C[C@@H](C(=O)O)C12CCN(Cc1cnn(C)c1)CC2. The van der Waals surface area contributed by atoms with Gasteiger partial charge in [-0.25, -0.2) is 0 Å². The van der Waals surface area contributed by atoms with Crippen LogP contribution in [-0.4, -0.2) is 62.2 Å². The summed E-state index contributed by atoms with van der Waals surface area (Å²) in [6.45, 7) is 2.42. The fourth-order valence-electron chi connectivity index (χ4n) is 3.89. The number of rotatable bonds is 3. The van der Waals surface area contributed by atoms with Crippen molar-refractivity contribution in [2.24, 2.45) is 13.0 Å². The van der Waals surface area contributed by atoms with Crippen molar-refractivity contribution in [3.63, 3.8) is 0 Å². The smallest absolute Gasteiger partial charge is 0.309 e. The number of aliphatic carboxylic acids is 1. The zero-order chi connectivity index (χ0) is 15.9. The van der Waals surface area contributed by atoms with Crippen molar-refractivity contribution in [1.29, 1.82) is 0 Å². The molecule has 0 saturated carbocycles. The maximum Gasteiger partial charge on any atom is 0.309 e. The summed E-state index contributed by atoms with van der Waals surface area (Å²) < 4.78 is 1.78. The Labute approximate surface area is 129 Å². The van der Waals surface area contributed by atoms with Crippen LogP contribution in [-0.2, 0) is 23.2 Å². The maximum absolute atomic E-state index is 12.0. The van der Waals surface area contributed by atoms with E-state index in [9.17, 15) is 14.7 Å². The lowest BCUT2D eigenvalue weighted by Gasteiger charge is -2.45. The summed E-state index contributed by atoms with van der Waals surface area (Å²) in [4.78, 5) is 27.5. The van der Waals surface area contributed by atoms with Crippen LogP contribution >= 0.6 is 0 Å². The highest BCUT2D eigenvalue weighted by Gasteiger charge is 2.55. The summed E-state index contributed by atoms with van der Waals surface area (Å²) in [5, 5.41) is 13.6. The van der Waals surface area contributed by atoms with Gasteiger partial charge in [-0.05, 0) is 12.8 Å². The summed E-state index contributed by atoms with van der Waals surface area (Å²) in [6.07, 6.45) is 5.42. The molecule has 2 saturated heterocycles. The molecule has 22 heavy (non-hydrogen) atoms. The molecule has 0 aromatic carbocycles. The largest absolute Gasteiger partial charge is 0.481 e. The molecule has 0 bridgehead atoms. The van der Waals surface area contributed by atoms with E-state index in [1.807, 2.05) is 19.4 Å². The lowest BCUT2D eigenvalue weighted by Crippen LogP contribution is -2.55. The minimum atomic E-state index is -0.849. The molecule has 0 unspecified atom stereocenters. The zero-order valence-electron chi connectivity index (χ0n) is 13.0. The van der Waals surface area contributed by atoms with Crippen LogP contribution in [0.4, 0.5) is 0 Å². The number of carboxylic acid groups (broad SMARTS) is 1. The highest BCUT2D eigenvalue weighted by atomic mass is 16.4. The van der Waals surface area contributed by atoms with Gasteiger partial charge in [-0.1, -0.05) is 0 Å². The van der Waals surface area contributed by atoms with Crippen LogP contribution in [0.2, 0.25) is 0 Å². The Kier molecular flexibility index (Phi) is 3.68. The average Bonchev–Trinajstić information content (AvgIpc) is 2.99. The number of hydrogen-bond donors (Lipinski definition) is 1. The van der Waals surface area contributed by atoms with E-state index in [-0.39, 0.29) is 12.3 Å². The minimum Gasteiger partial charge on any atom is -0.481 e. The molecule has 2 aliphatic rings. The van der Waals surface area contributed by atoms with Gasteiger partial charge >= 0.3 is 5.97 Å². The Balaban J connectivity index is 1.69. The molecule has 1 N–H and O–H groups in total. The normalized spacial score (nSPS) is 25.1. The first-order valence-corrected chi connectivity index (χ1v) is 7.62. The summed E-state index contributed by atoms with van der Waals surface area (Å²) in [7, 11) is 3.65. The fraction of sp³-hybridized carbons (Fsp3) is 0.667. The van der Waals surface area contributed by atoms with Gasteiger partial charge in [-0.2, -0.15) is 5.10 Å². The zero-order valence-corrected chi connectivity index (χ0v) is 13.0. The molecule has 7 nitrogen and oxygen atoms in total. The van der Waals surface area contributed by atoms with Gasteiger partial charge in [-0.15, -0.1) is 0 Å². The van der Waals surface area contributed by atoms with Gasteiger partial charge in [-0.3, -0.25) is 19.2 Å². The van der Waals surface area contributed by atoms with Crippen molar-refractivity contribution in [3.8, 4) is 0 Å². The Morgan fingerprint density at radius 2 is 2.09 bits per heavy atom. The van der Waals surface area contributed by atoms with Crippen LogP contribution in [0.5, 0.6) is 0 Å². The first kappa shape index (κ1) is 15.0. The summed E-state index contributed by atoms with van der Waals surface area (Å²) in [6, 6.07) is 0. The predicted molar refractivity (Wildman–Crippen MR) is 79.0 cm³/mol. The second-order valence-electron chi connectivity index (χ2n) is 6.45. The number of carbonyl (C=O) groups is 2. The predicted octanol–water partition coefficient (Wildman–Crippen LogP) is 0.318. The van der Waals surface area contributed by atoms with Gasteiger partial charge in [0.2, 0.25) is 5.91 Å². The molecule has 2 aliphatic heterocycles. The standard InChI is InChI=1S/C15H22N4O3/c1-17-9-11(8-16-17)10-19-5-3-15(4-6-19)12(14(21)22)7-13(20)18(15)2/h8-9,12H,3-7,10H2,1-2H3,(H,21,22)/t12-/m0/s1. The van der Waals surface area contributed by atoms with Crippen LogP contribution in [0.3, 0.4) is 0 Å². The van der Waals surface area contributed by atoms with Gasteiger partial charge < -0.3 is 10.0 Å². The Hall–Kier alpha value is -1.89. The number of amides is 1. The van der Waals surface area contributed by atoms with Crippen molar-refractivity contribution in [2.75, 3.05) is 20.1 Å². The Morgan fingerprint density at radius 1 is 1.41 bits per heavy atom. The number of likely N-dealkylation sites (tertiary alicyclic amines) is 2. The first-order valence-electron chi connectivity index (χ1n) is 7.62. The third-order valence-corrected chi connectivity index (χ3v) is 5.25. The molecule has 1 aromatic rings. The van der Waals surface area contributed by atoms with Crippen molar-refractivity contribution in [3.05, 3.63) is 18.0 Å². The van der Waals surface area contributed by atoms with E-state index in [1.54, 1.807) is 16.6 Å². The molecule has 1 spiro atoms. The van der Waals surface area contributed by atoms with Gasteiger partial charge in [0.15, 0.2) is 0 Å². The molecule has 3 rings (SSSR count). The van der Waals surface area contributed by atoms with Gasteiger partial charge in [0, 0.05) is 51.9 Å². The van der Waals surface area contributed by atoms with Crippen molar-refractivity contribution in [1.82, 2.24) is 19.6 Å². The topological polar surface area (TPSA) is 78.7 Å². The average molecular weight is 306 g/mol. The third kappa shape index (κ3) is 2.39. The number of aromatic nitrogens is 2. The highest BCUT2D eigenvalue weighted by Crippen LogP contribution is 2.42. The first-order chi connectivity index (χ1) is 10.4. The number of aryl methyl sites for hydroxylation is 1. The van der Waals surface area contributed by atoms with Gasteiger partial charge in [0.25, 0.3) is 0 Å². The monoisotopic (exact) mass is 306 g/mol. The molecule has 0 radical (unpaired) electrons. The van der Waals surface area contributed by atoms with E-state index in [1.165, 1.54) is 0 Å². The fourth-order valence-corrected chi connectivity index (χ4v) is 3.89. The van der Waals surface area contributed by atoms with Gasteiger partial charge in [0.05, 0.1) is 17.7 Å². The summed E-state index contributed by atoms with van der Waals surface area (Å²) >= 11 is 0. The van der Waals surface area contributed by atoms with Crippen LogP contribution in [0, 0.1) is 5.92 Å². The Morgan fingerprint density at radius 3 is 2.64 bits per heavy atom. The van der Waals surface area contributed by atoms with E-state index in [0.717, 1.165) is 25.2 Å². The highest BCUT2D eigenvalue weighted by molar-refractivity contribution is 5.88. The molecule has 1 atom stereocenters. The van der Waals surface area contributed by atoms with Crippen LogP contribution in [0.1, 0.15) is 24.8 Å². The number of hydrogen-bond acceptors (Lipinski definition) is 4. The van der Waals surface area contributed by atoms with E-state index in [2.05, 4.69) is 10.00 Å². The quantitative estimate of drug-likeness (QED) is 0.870. The van der Waals surface area contributed by atoms with Crippen LogP contribution < -0.4 is 0 Å². The third-order valence-electron chi connectivity index (χ3n) is 5.25. The van der Waals surface area contributed by atoms with Crippen molar-refractivity contribution < 1.29 is 14.7 Å². The van der Waals surface area contributed by atoms with E-state index < -0.39 is 17.4 Å². The molecule has 3 heterocycles. The number of piperidine rings is 1. The minimum absolute atomic E-state index is 0.0480. The summed E-state index contributed by atoms with van der Waals surface area (Å²) in [5.41, 5.74) is 0.651. The molecular formula is C15H22N4O3. The van der Waals surface area contributed by atoms with E-state index >= 15 is 0 Å². The number of carbonyl (C=O) groups excluding carboxylic acids is 1. The lowest BCUT2D eigenvalue weighted by atomic mass is 9.77. The Bertz CT molecular complexity index is 589.